The van der Waals surface area contributed by atoms with E-state index in [1.807, 2.05) is 42.5 Å². The van der Waals surface area contributed by atoms with Crippen LogP contribution >= 0.6 is 23.2 Å². The highest BCUT2D eigenvalue weighted by Crippen LogP contribution is 2.39. The Bertz CT molecular complexity index is 2180. The molecule has 9 rings (SSSR count). The van der Waals surface area contributed by atoms with Crippen LogP contribution < -0.4 is 27.4 Å². The number of hydrogen-bond donors (Lipinski definition) is 5. The van der Waals surface area contributed by atoms with E-state index in [2.05, 4.69) is 55.3 Å². The van der Waals surface area contributed by atoms with Crippen molar-refractivity contribution < 1.29 is 9.59 Å². The molecule has 7 N–H and O–H groups in total. The second kappa shape index (κ2) is 14.9. The number of nitrogens with two attached hydrogens (primary N) is 2. The van der Waals surface area contributed by atoms with Gasteiger partial charge in [-0.25, -0.2) is 9.36 Å². The van der Waals surface area contributed by atoms with Crippen LogP contribution in [0, 0.1) is 0 Å². The van der Waals surface area contributed by atoms with E-state index in [-0.39, 0.29) is 23.7 Å². The molecule has 4 aliphatic heterocycles. The Kier molecular flexibility index (Phi) is 9.86. The SMILES string of the molecule is Nc1nn(C(=O)C2CCNc3c(Cl)cccc32)c2c1CCN(Cc1ccccc1)C2.Nc1nn(C(=O)C2CCNc3c(Cl)cccc32)c2c1CCNC2. The summed E-state index contributed by atoms with van der Waals surface area (Å²) < 4.78 is 3.06. The van der Waals surface area contributed by atoms with Crippen molar-refractivity contribution in [3.05, 3.63) is 116 Å². The Morgan fingerprint density at radius 1 is 0.717 bits per heavy atom. The van der Waals surface area contributed by atoms with Crippen LogP contribution in [-0.4, -0.2) is 62.5 Å². The van der Waals surface area contributed by atoms with Crippen LogP contribution in [0.1, 0.15) is 73.5 Å². The summed E-state index contributed by atoms with van der Waals surface area (Å²) in [4.78, 5) is 29.0. The fourth-order valence-corrected chi connectivity index (χ4v) is 8.55. The molecule has 0 spiro atoms. The molecule has 0 fully saturated rings. The Morgan fingerprint density at radius 3 is 1.89 bits per heavy atom. The highest BCUT2D eigenvalue weighted by molar-refractivity contribution is 6.34. The second-order valence-electron chi connectivity index (χ2n) is 13.9. The summed E-state index contributed by atoms with van der Waals surface area (Å²) in [6.45, 7) is 5.30. The van der Waals surface area contributed by atoms with Crippen LogP contribution in [0.3, 0.4) is 0 Å². The third-order valence-corrected chi connectivity index (χ3v) is 11.3. The van der Waals surface area contributed by atoms with E-state index in [1.54, 1.807) is 4.68 Å². The number of fused-ring (bicyclic) bond motifs is 4. The molecule has 53 heavy (non-hydrogen) atoms. The average Bonchev–Trinajstić information content (AvgIpc) is 3.70. The van der Waals surface area contributed by atoms with Gasteiger partial charge in [-0.05, 0) is 61.1 Å². The first-order valence-corrected chi connectivity index (χ1v) is 18.9. The first-order valence-electron chi connectivity index (χ1n) is 18.1. The summed E-state index contributed by atoms with van der Waals surface area (Å²) in [6, 6.07) is 21.7. The zero-order valence-corrected chi connectivity index (χ0v) is 30.8. The average molecular weight is 754 g/mol. The van der Waals surface area contributed by atoms with Crippen molar-refractivity contribution >= 4 is 58.0 Å². The third-order valence-electron chi connectivity index (χ3n) is 10.7. The monoisotopic (exact) mass is 752 g/mol. The Morgan fingerprint density at radius 2 is 1.28 bits per heavy atom. The van der Waals surface area contributed by atoms with Gasteiger partial charge in [0.15, 0.2) is 0 Å². The van der Waals surface area contributed by atoms with Gasteiger partial charge in [0.05, 0.1) is 44.6 Å². The molecule has 2 unspecified atom stereocenters. The number of halogens is 2. The predicted octanol–water partition coefficient (Wildman–Crippen LogP) is 5.92. The molecule has 0 amide bonds. The molecule has 0 saturated heterocycles. The van der Waals surface area contributed by atoms with Crippen molar-refractivity contribution in [2.45, 2.75) is 57.2 Å². The van der Waals surface area contributed by atoms with Crippen molar-refractivity contribution in [3.63, 3.8) is 0 Å². The van der Waals surface area contributed by atoms with E-state index >= 15 is 0 Å². The summed E-state index contributed by atoms with van der Waals surface area (Å²) in [7, 11) is 0. The van der Waals surface area contributed by atoms with Gasteiger partial charge >= 0.3 is 0 Å². The molecule has 14 heteroatoms. The largest absolute Gasteiger partial charge is 0.384 e. The van der Waals surface area contributed by atoms with E-state index in [0.29, 0.717) is 60.7 Å². The Balaban J connectivity index is 0.000000156. The zero-order valence-electron chi connectivity index (χ0n) is 29.2. The number of carbonyl (C=O) groups excluding carboxylic acids is 2. The molecular formula is C39H42Cl2N10O2. The fraction of sp³-hybridized carbons (Fsp3) is 0.333. The summed E-state index contributed by atoms with van der Waals surface area (Å²) in [5.41, 5.74) is 20.8. The van der Waals surface area contributed by atoms with Gasteiger partial charge in [-0.15, -0.1) is 10.2 Å². The van der Waals surface area contributed by atoms with E-state index in [4.69, 9.17) is 34.7 Å². The summed E-state index contributed by atoms with van der Waals surface area (Å²) >= 11 is 12.6. The molecule has 0 radical (unpaired) electrons. The predicted molar refractivity (Wildman–Crippen MR) is 209 cm³/mol. The van der Waals surface area contributed by atoms with Gasteiger partial charge in [0, 0.05) is 50.4 Å². The number of benzene rings is 3. The molecule has 5 aromatic rings. The molecule has 3 aromatic carbocycles. The molecule has 4 aliphatic rings. The first kappa shape index (κ1) is 35.2. The summed E-state index contributed by atoms with van der Waals surface area (Å²) in [6.07, 6.45) is 3.03. The Labute approximate surface area is 317 Å². The molecule has 2 atom stereocenters. The van der Waals surface area contributed by atoms with Crippen LogP contribution in [0.5, 0.6) is 0 Å². The number of hydrogen-bond acceptors (Lipinski definition) is 10. The maximum Gasteiger partial charge on any atom is 0.254 e. The van der Waals surface area contributed by atoms with E-state index in [9.17, 15) is 9.59 Å². The maximum absolute atomic E-state index is 13.6. The van der Waals surface area contributed by atoms with Gasteiger partial charge in [-0.3, -0.25) is 14.5 Å². The maximum atomic E-state index is 13.6. The lowest BCUT2D eigenvalue weighted by Crippen LogP contribution is -2.34. The number of nitrogens with one attached hydrogen (secondary N) is 3. The van der Waals surface area contributed by atoms with Gasteiger partial charge in [-0.2, -0.15) is 0 Å². The number of para-hydroxylation sites is 2. The number of anilines is 4. The quantitative estimate of drug-likeness (QED) is 0.149. The minimum Gasteiger partial charge on any atom is -0.384 e. The number of rotatable bonds is 4. The molecule has 0 saturated carbocycles. The van der Waals surface area contributed by atoms with Crippen molar-refractivity contribution in [2.75, 3.05) is 48.3 Å². The van der Waals surface area contributed by atoms with Gasteiger partial charge in [0.25, 0.3) is 11.8 Å². The lowest BCUT2D eigenvalue weighted by molar-refractivity contribution is 0.0841. The smallest absolute Gasteiger partial charge is 0.254 e. The topological polar surface area (TPSA) is 161 Å². The number of aromatic nitrogens is 4. The van der Waals surface area contributed by atoms with Crippen LogP contribution in [0.25, 0.3) is 0 Å². The Hall–Kier alpha value is -4.88. The lowest BCUT2D eigenvalue weighted by Gasteiger charge is -2.29. The molecule has 6 heterocycles. The minimum atomic E-state index is -0.284. The van der Waals surface area contributed by atoms with E-state index in [1.165, 1.54) is 10.2 Å². The van der Waals surface area contributed by atoms with Gasteiger partial charge in [0.1, 0.15) is 11.6 Å². The fourth-order valence-electron chi connectivity index (χ4n) is 8.06. The second-order valence-corrected chi connectivity index (χ2v) is 14.8. The van der Waals surface area contributed by atoms with Gasteiger partial charge < -0.3 is 27.4 Å². The lowest BCUT2D eigenvalue weighted by atomic mass is 9.90. The van der Waals surface area contributed by atoms with Gasteiger partial charge in [0.2, 0.25) is 0 Å². The third kappa shape index (κ3) is 6.76. The molecule has 274 valence electrons. The number of carbonyl (C=O) groups is 2. The zero-order chi connectivity index (χ0) is 36.6. The van der Waals surface area contributed by atoms with E-state index in [0.717, 1.165) is 77.5 Å². The van der Waals surface area contributed by atoms with Crippen molar-refractivity contribution in [2.24, 2.45) is 0 Å². The molecule has 12 nitrogen and oxygen atoms in total. The van der Waals surface area contributed by atoms with Crippen molar-refractivity contribution in [3.8, 4) is 0 Å². The summed E-state index contributed by atoms with van der Waals surface area (Å²) in [5.74, 6) is 0.331. The standard InChI is InChI=1S/C23H24ClN5O.C16H18ClN5O/c24-19-8-4-7-16-17(9-11-26-21(16)19)23(30)29-20-14-28(12-10-18(20)22(25)27-29)13-15-5-2-1-3-6-15;17-12-3-1-2-9-10(5-7-20-14(9)12)16(23)22-13-8-19-6-4-11(13)15(18)21-22/h1-8,17,26H,9-14H2,(H2,25,27);1-3,10,19-20H,4-8H2,(H2,18,21). The van der Waals surface area contributed by atoms with Crippen molar-refractivity contribution in [1.29, 1.82) is 0 Å². The van der Waals surface area contributed by atoms with Crippen LogP contribution in [0.2, 0.25) is 10.0 Å². The molecule has 0 aliphatic carbocycles. The number of nitrogen functional groups attached to an aromatic ring is 2. The number of nitrogens with zero attached hydrogens (tertiary/aromatic N) is 5. The molecule has 2 aromatic heterocycles. The van der Waals surface area contributed by atoms with Crippen LogP contribution in [0.4, 0.5) is 23.0 Å². The van der Waals surface area contributed by atoms with Crippen LogP contribution in [0.15, 0.2) is 66.7 Å². The van der Waals surface area contributed by atoms with Crippen molar-refractivity contribution in [1.82, 2.24) is 29.8 Å². The first-order chi connectivity index (χ1) is 25.8. The highest BCUT2D eigenvalue weighted by atomic mass is 35.5. The molecule has 0 bridgehead atoms. The highest BCUT2D eigenvalue weighted by Gasteiger charge is 2.34. The summed E-state index contributed by atoms with van der Waals surface area (Å²) in [5, 5.41) is 20.0. The van der Waals surface area contributed by atoms with E-state index < -0.39 is 0 Å². The van der Waals surface area contributed by atoms with Crippen LogP contribution in [-0.2, 0) is 32.5 Å². The normalized spacial score (nSPS) is 18.9. The minimum absolute atomic E-state index is 0.0328. The molecular weight excluding hydrogens is 711 g/mol. The van der Waals surface area contributed by atoms with Gasteiger partial charge in [-0.1, -0.05) is 77.8 Å².